The molecule has 6 aromatic rings. The van der Waals surface area contributed by atoms with Gasteiger partial charge >= 0.3 is 0 Å². The summed E-state index contributed by atoms with van der Waals surface area (Å²) in [5, 5.41) is 0. The summed E-state index contributed by atoms with van der Waals surface area (Å²) in [4.78, 5) is 15.1. The average Bonchev–Trinajstić information content (AvgIpc) is 3.37. The molecule has 11 heteroatoms. The van der Waals surface area contributed by atoms with E-state index < -0.39 is 61.1 Å². The Morgan fingerprint density at radius 3 is 1.15 bits per heavy atom. The van der Waals surface area contributed by atoms with E-state index in [1.807, 2.05) is 182 Å². The van der Waals surface area contributed by atoms with Crippen molar-refractivity contribution in [3.8, 4) is 0 Å². The Balaban J connectivity index is 1.13. The van der Waals surface area contributed by atoms with Gasteiger partial charge < -0.3 is 47.4 Å². The van der Waals surface area contributed by atoms with Crippen LogP contribution in [0.5, 0.6) is 0 Å². The van der Waals surface area contributed by atoms with E-state index in [0.717, 1.165) is 33.4 Å². The van der Waals surface area contributed by atoms with Crippen LogP contribution in [0.3, 0.4) is 0 Å². The predicted octanol–water partition coefficient (Wildman–Crippen LogP) is 8.81. The minimum atomic E-state index is -1.46. The number of Topliss-reactive ketones (excluding diaryl/α,β-unsaturated/α-hetero) is 1. The summed E-state index contributed by atoms with van der Waals surface area (Å²) in [5.41, 5.74) is 5.68. The molecule has 0 amide bonds. The molecule has 0 aromatic heterocycles. The van der Waals surface area contributed by atoms with Gasteiger partial charge in [0.25, 0.3) is 0 Å². The molecule has 0 saturated carbocycles. The molecule has 0 N–H and O–H groups in total. The van der Waals surface area contributed by atoms with Crippen LogP contribution in [-0.2, 0) is 91.8 Å². The topological polar surface area (TPSA) is 109 Å². The highest BCUT2D eigenvalue weighted by Gasteiger charge is 2.54. The van der Waals surface area contributed by atoms with Gasteiger partial charge in [-0.2, -0.15) is 0 Å². The number of hydrogen-bond acceptors (Lipinski definition) is 11. The Morgan fingerprint density at radius 1 is 0.394 bits per heavy atom. The summed E-state index contributed by atoms with van der Waals surface area (Å²) in [6.45, 7) is 1.55. The van der Waals surface area contributed by atoms with Crippen LogP contribution in [0, 0.1) is 0 Å². The molecule has 0 unspecified atom stereocenters. The molecule has 0 aliphatic carbocycles. The first-order valence-corrected chi connectivity index (χ1v) is 22.5. The van der Waals surface area contributed by atoms with Gasteiger partial charge in [-0.1, -0.05) is 182 Å². The quantitative estimate of drug-likeness (QED) is 0.0616. The zero-order valence-electron chi connectivity index (χ0n) is 37.2. The molecule has 0 spiro atoms. The van der Waals surface area contributed by atoms with Gasteiger partial charge in [0.2, 0.25) is 12.1 Å². The van der Waals surface area contributed by atoms with Gasteiger partial charge in [0.15, 0.2) is 12.4 Å². The fraction of sp³-hybridized carbons (Fsp3) is 0.327. The number of hydrogen-bond donors (Lipinski definition) is 0. The Labute approximate surface area is 387 Å². The molecule has 0 radical (unpaired) electrons. The first-order valence-electron chi connectivity index (χ1n) is 22.5. The molecule has 9 atom stereocenters. The van der Waals surface area contributed by atoms with E-state index in [0.29, 0.717) is 13.2 Å². The summed E-state index contributed by atoms with van der Waals surface area (Å²) in [5.74, 6) is -0.454. The number of carbonyl (C=O) groups excluding carboxylic acids is 1. The standard InChI is InChI=1S/C55H58O11/c1-57-55-53(63-37-45-30-18-7-19-31-45)52(62-36-44-28-16-6-17-29-44)50(47(65-55)39-59-33-41-22-10-3-11-23-41)66-54-48(56)51(61-35-43-26-14-5-15-27-43)49(60-34-42-24-12-4-13-25-42)46(64-54)38-58-32-40-20-8-2-9-21-40/h2-31,46-47,49-55H,32-39H2,1H3/t46-,47-,49-,50-,51-,52+,53-,54+,55+/m1/s1. The molecular formula is C55H58O11. The highest BCUT2D eigenvalue weighted by Crippen LogP contribution is 2.34. The highest BCUT2D eigenvalue weighted by molar-refractivity contribution is 5.87. The minimum absolute atomic E-state index is 0.0668. The predicted molar refractivity (Wildman–Crippen MR) is 246 cm³/mol. The Bertz CT molecular complexity index is 2270. The molecule has 8 rings (SSSR count). The molecule has 2 heterocycles. The average molecular weight is 895 g/mol. The summed E-state index contributed by atoms with van der Waals surface area (Å²) < 4.78 is 65.9. The molecule has 6 aromatic carbocycles. The third-order valence-corrected chi connectivity index (χ3v) is 11.5. The van der Waals surface area contributed by atoms with Gasteiger partial charge in [-0.15, -0.1) is 0 Å². The molecule has 344 valence electrons. The Morgan fingerprint density at radius 2 is 0.742 bits per heavy atom. The van der Waals surface area contributed by atoms with Gasteiger partial charge in [-0.05, 0) is 33.4 Å². The van der Waals surface area contributed by atoms with Crippen molar-refractivity contribution in [1.29, 1.82) is 0 Å². The van der Waals surface area contributed by atoms with Gasteiger partial charge in [0, 0.05) is 7.11 Å². The van der Waals surface area contributed by atoms with Gasteiger partial charge in [-0.25, -0.2) is 0 Å². The maximum Gasteiger partial charge on any atom is 0.221 e. The zero-order valence-corrected chi connectivity index (χ0v) is 37.2. The lowest BCUT2D eigenvalue weighted by molar-refractivity contribution is -0.345. The number of ether oxygens (including phenoxy) is 10. The minimum Gasteiger partial charge on any atom is -0.374 e. The number of benzene rings is 6. The summed E-state index contributed by atoms with van der Waals surface area (Å²) in [6, 6.07) is 58.9. The van der Waals surface area contributed by atoms with E-state index in [1.54, 1.807) is 7.11 Å². The fourth-order valence-electron chi connectivity index (χ4n) is 8.07. The van der Waals surface area contributed by atoms with Crippen LogP contribution in [0.2, 0.25) is 0 Å². The monoisotopic (exact) mass is 894 g/mol. The van der Waals surface area contributed by atoms with Crippen molar-refractivity contribution in [3.63, 3.8) is 0 Å². The largest absolute Gasteiger partial charge is 0.374 e. The maximum absolute atomic E-state index is 15.1. The third kappa shape index (κ3) is 13.4. The van der Waals surface area contributed by atoms with Crippen molar-refractivity contribution in [2.45, 2.75) is 94.9 Å². The maximum atomic E-state index is 15.1. The first kappa shape index (κ1) is 47.1. The molecule has 2 saturated heterocycles. The molecule has 2 aliphatic heterocycles. The Hall–Kier alpha value is -5.41. The first-order chi connectivity index (χ1) is 32.6. The van der Waals surface area contributed by atoms with E-state index in [-0.39, 0.29) is 39.6 Å². The molecule has 2 aliphatic rings. The van der Waals surface area contributed by atoms with Gasteiger partial charge in [0.1, 0.15) is 36.6 Å². The molecule has 0 bridgehead atoms. The second-order valence-corrected chi connectivity index (χ2v) is 16.3. The van der Waals surface area contributed by atoms with Gasteiger partial charge in [0.05, 0.1) is 52.9 Å². The van der Waals surface area contributed by atoms with Crippen LogP contribution in [0.15, 0.2) is 182 Å². The van der Waals surface area contributed by atoms with Crippen molar-refractivity contribution < 1.29 is 52.2 Å². The molecular weight excluding hydrogens is 837 g/mol. The molecule has 11 nitrogen and oxygen atoms in total. The summed E-state index contributed by atoms with van der Waals surface area (Å²) in [6.07, 6.45) is -8.59. The van der Waals surface area contributed by atoms with E-state index in [9.17, 15) is 0 Å². The number of carbonyl (C=O) groups is 1. The van der Waals surface area contributed by atoms with Crippen LogP contribution in [-0.4, -0.2) is 81.4 Å². The number of rotatable bonds is 23. The van der Waals surface area contributed by atoms with Crippen LogP contribution in [0.4, 0.5) is 0 Å². The summed E-state index contributed by atoms with van der Waals surface area (Å²) in [7, 11) is 1.57. The molecule has 66 heavy (non-hydrogen) atoms. The van der Waals surface area contributed by atoms with Crippen molar-refractivity contribution in [2.24, 2.45) is 0 Å². The summed E-state index contributed by atoms with van der Waals surface area (Å²) >= 11 is 0. The van der Waals surface area contributed by atoms with Crippen molar-refractivity contribution in [2.75, 3.05) is 20.3 Å². The SMILES string of the molecule is CO[C@H]1O[C@H](COCc2ccccc2)[C@@H](O[C@@H]2O[C@H](COCc3ccccc3)[C@@H](OCc3ccccc3)[C@H](OCc3ccccc3)C2=O)[C@H](OCc2ccccc2)[C@H]1OCc1ccccc1. The van der Waals surface area contributed by atoms with Crippen LogP contribution in [0.1, 0.15) is 33.4 Å². The lowest BCUT2D eigenvalue weighted by atomic mass is 9.96. The van der Waals surface area contributed by atoms with Gasteiger partial charge in [-0.3, -0.25) is 4.79 Å². The fourth-order valence-corrected chi connectivity index (χ4v) is 8.07. The van der Waals surface area contributed by atoms with E-state index in [1.165, 1.54) is 0 Å². The van der Waals surface area contributed by atoms with Crippen molar-refractivity contribution in [1.82, 2.24) is 0 Å². The lowest BCUT2D eigenvalue weighted by Gasteiger charge is -2.47. The number of ketones is 1. The van der Waals surface area contributed by atoms with Crippen molar-refractivity contribution >= 4 is 5.78 Å². The lowest BCUT2D eigenvalue weighted by Crippen LogP contribution is -2.65. The van der Waals surface area contributed by atoms with E-state index in [4.69, 9.17) is 47.4 Å². The molecule has 2 fully saturated rings. The van der Waals surface area contributed by atoms with E-state index >= 15 is 4.79 Å². The second-order valence-electron chi connectivity index (χ2n) is 16.3. The van der Waals surface area contributed by atoms with Crippen LogP contribution >= 0.6 is 0 Å². The number of methoxy groups -OCH3 is 1. The zero-order chi connectivity index (χ0) is 45.2. The van der Waals surface area contributed by atoms with Crippen LogP contribution in [0.25, 0.3) is 0 Å². The second kappa shape index (κ2) is 24.9. The highest BCUT2D eigenvalue weighted by atomic mass is 16.8. The van der Waals surface area contributed by atoms with E-state index in [2.05, 4.69) is 0 Å². The Kier molecular flexibility index (Phi) is 17.8. The van der Waals surface area contributed by atoms with Crippen LogP contribution < -0.4 is 0 Å². The normalized spacial score (nSPS) is 24.3. The van der Waals surface area contributed by atoms with Crippen molar-refractivity contribution in [3.05, 3.63) is 215 Å². The third-order valence-electron chi connectivity index (χ3n) is 11.5. The smallest absolute Gasteiger partial charge is 0.221 e.